The van der Waals surface area contributed by atoms with Crippen LogP contribution in [0.3, 0.4) is 0 Å². The molecule has 17 heavy (non-hydrogen) atoms. The van der Waals surface area contributed by atoms with Gasteiger partial charge in [-0.2, -0.15) is 0 Å². The Bertz CT molecular complexity index is 319. The van der Waals surface area contributed by atoms with Crippen LogP contribution in [-0.4, -0.2) is 35.2 Å². The highest BCUT2D eigenvalue weighted by Crippen LogP contribution is 2.28. The van der Waals surface area contributed by atoms with Crippen molar-refractivity contribution < 1.29 is 5.11 Å². The molecule has 0 saturated heterocycles. The molecule has 1 rings (SSSR count). The number of rotatable bonds is 6. The zero-order valence-corrected chi connectivity index (χ0v) is 12.0. The first-order valence-electron chi connectivity index (χ1n) is 6.06. The Balaban J connectivity index is 2.84. The molecular formula is C13H24N2OS. The minimum Gasteiger partial charge on any atom is -0.389 e. The first-order valence-corrected chi connectivity index (χ1v) is 6.94. The Morgan fingerprint density at radius 1 is 1.53 bits per heavy atom. The topological polar surface area (TPSA) is 49.5 Å². The van der Waals surface area contributed by atoms with Gasteiger partial charge in [0.25, 0.3) is 0 Å². The van der Waals surface area contributed by atoms with Gasteiger partial charge >= 0.3 is 0 Å². The molecule has 0 aromatic carbocycles. The van der Waals surface area contributed by atoms with E-state index < -0.39 is 5.60 Å². The summed E-state index contributed by atoms with van der Waals surface area (Å²) in [6, 6.07) is 4.45. The van der Waals surface area contributed by atoms with Crippen molar-refractivity contribution in [3.05, 3.63) is 22.4 Å². The molecule has 0 bridgehead atoms. The lowest BCUT2D eigenvalue weighted by Gasteiger charge is -2.35. The van der Waals surface area contributed by atoms with Gasteiger partial charge in [0.05, 0.1) is 11.6 Å². The van der Waals surface area contributed by atoms with Crippen LogP contribution < -0.4 is 5.73 Å². The van der Waals surface area contributed by atoms with Crippen LogP contribution in [0.2, 0.25) is 0 Å². The van der Waals surface area contributed by atoms with Crippen LogP contribution in [0.5, 0.6) is 0 Å². The fraction of sp³-hybridized carbons (Fsp3) is 0.692. The standard InChI is InChI=1S/C13H24N2OS/c1-5-10(14)12(11-7-6-8-17-11)15(4)9-13(2,3)16/h6-8,10,12,16H,5,9,14H2,1-4H3. The van der Waals surface area contributed by atoms with Crippen LogP contribution in [0.1, 0.15) is 38.1 Å². The molecule has 1 aromatic rings. The molecule has 98 valence electrons. The van der Waals surface area contributed by atoms with Crippen molar-refractivity contribution in [2.45, 2.75) is 44.9 Å². The predicted octanol–water partition coefficient (Wildman–Crippen LogP) is 2.23. The van der Waals surface area contributed by atoms with Crippen molar-refractivity contribution in [1.82, 2.24) is 4.90 Å². The van der Waals surface area contributed by atoms with E-state index in [9.17, 15) is 5.11 Å². The maximum atomic E-state index is 9.91. The summed E-state index contributed by atoms with van der Waals surface area (Å²) in [6.45, 7) is 6.37. The van der Waals surface area contributed by atoms with E-state index in [-0.39, 0.29) is 12.1 Å². The summed E-state index contributed by atoms with van der Waals surface area (Å²) in [5, 5.41) is 12.0. The van der Waals surface area contributed by atoms with Crippen molar-refractivity contribution in [3.63, 3.8) is 0 Å². The number of hydrogen-bond acceptors (Lipinski definition) is 4. The van der Waals surface area contributed by atoms with E-state index in [0.29, 0.717) is 6.54 Å². The van der Waals surface area contributed by atoms with Crippen LogP contribution >= 0.6 is 11.3 Å². The highest BCUT2D eigenvalue weighted by Gasteiger charge is 2.27. The summed E-state index contributed by atoms with van der Waals surface area (Å²) in [4.78, 5) is 3.42. The first-order chi connectivity index (χ1) is 7.85. The van der Waals surface area contributed by atoms with Crippen LogP contribution in [-0.2, 0) is 0 Å². The summed E-state index contributed by atoms with van der Waals surface area (Å²) in [6.07, 6.45) is 0.929. The van der Waals surface area contributed by atoms with Gasteiger partial charge in [-0.1, -0.05) is 13.0 Å². The molecule has 0 amide bonds. The lowest BCUT2D eigenvalue weighted by molar-refractivity contribution is 0.0272. The Morgan fingerprint density at radius 2 is 2.18 bits per heavy atom. The molecule has 0 aliphatic carbocycles. The number of aliphatic hydroxyl groups is 1. The molecule has 0 spiro atoms. The fourth-order valence-electron chi connectivity index (χ4n) is 2.15. The highest BCUT2D eigenvalue weighted by molar-refractivity contribution is 7.10. The van der Waals surface area contributed by atoms with Crippen molar-refractivity contribution in [3.8, 4) is 0 Å². The number of thiophene rings is 1. The van der Waals surface area contributed by atoms with Gasteiger partial charge in [-0.05, 0) is 38.8 Å². The van der Waals surface area contributed by atoms with Gasteiger partial charge in [0.15, 0.2) is 0 Å². The largest absolute Gasteiger partial charge is 0.389 e. The Hall–Kier alpha value is -0.420. The third-order valence-corrected chi connectivity index (χ3v) is 3.77. The lowest BCUT2D eigenvalue weighted by Crippen LogP contribution is -2.44. The fourth-order valence-corrected chi connectivity index (χ4v) is 3.11. The van der Waals surface area contributed by atoms with Crippen molar-refractivity contribution >= 4 is 11.3 Å². The average molecular weight is 256 g/mol. The third-order valence-electron chi connectivity index (χ3n) is 2.82. The van der Waals surface area contributed by atoms with E-state index in [2.05, 4.69) is 23.3 Å². The summed E-state index contributed by atoms with van der Waals surface area (Å²) in [5.41, 5.74) is 5.51. The van der Waals surface area contributed by atoms with Gasteiger partial charge in [-0.3, -0.25) is 4.90 Å². The molecule has 1 heterocycles. The van der Waals surface area contributed by atoms with Crippen molar-refractivity contribution in [2.75, 3.05) is 13.6 Å². The Morgan fingerprint density at radius 3 is 2.59 bits per heavy atom. The molecule has 1 aromatic heterocycles. The summed E-state index contributed by atoms with van der Waals surface area (Å²) in [7, 11) is 2.03. The zero-order valence-electron chi connectivity index (χ0n) is 11.2. The van der Waals surface area contributed by atoms with Crippen molar-refractivity contribution in [1.29, 1.82) is 0 Å². The van der Waals surface area contributed by atoms with Gasteiger partial charge in [0.2, 0.25) is 0 Å². The van der Waals surface area contributed by atoms with Crippen LogP contribution in [0.15, 0.2) is 17.5 Å². The number of likely N-dealkylation sites (N-methyl/N-ethyl adjacent to an activating group) is 1. The second-order valence-electron chi connectivity index (χ2n) is 5.26. The van der Waals surface area contributed by atoms with Gasteiger partial charge in [-0.15, -0.1) is 11.3 Å². The summed E-state index contributed by atoms with van der Waals surface area (Å²) < 4.78 is 0. The van der Waals surface area contributed by atoms with Gasteiger partial charge < -0.3 is 10.8 Å². The summed E-state index contributed by atoms with van der Waals surface area (Å²) in [5.74, 6) is 0. The SMILES string of the molecule is CCC(N)C(c1cccs1)N(C)CC(C)(C)O. The number of nitrogens with zero attached hydrogens (tertiary/aromatic N) is 1. The van der Waals surface area contributed by atoms with Gasteiger partial charge in [-0.25, -0.2) is 0 Å². The molecule has 0 aliphatic rings. The van der Waals surface area contributed by atoms with E-state index >= 15 is 0 Å². The van der Waals surface area contributed by atoms with Gasteiger partial charge in [0, 0.05) is 17.5 Å². The maximum absolute atomic E-state index is 9.91. The maximum Gasteiger partial charge on any atom is 0.0718 e. The third kappa shape index (κ3) is 4.39. The molecule has 2 unspecified atom stereocenters. The monoisotopic (exact) mass is 256 g/mol. The smallest absolute Gasteiger partial charge is 0.0718 e. The predicted molar refractivity (Wildman–Crippen MR) is 74.3 cm³/mol. The molecule has 0 saturated carbocycles. The lowest BCUT2D eigenvalue weighted by atomic mass is 10.0. The van der Waals surface area contributed by atoms with E-state index in [1.54, 1.807) is 11.3 Å². The molecule has 0 radical (unpaired) electrons. The van der Waals surface area contributed by atoms with Crippen LogP contribution in [0, 0.1) is 0 Å². The van der Waals surface area contributed by atoms with E-state index in [0.717, 1.165) is 6.42 Å². The number of nitrogens with two attached hydrogens (primary N) is 1. The second-order valence-corrected chi connectivity index (χ2v) is 6.24. The molecule has 3 nitrogen and oxygen atoms in total. The molecule has 0 fully saturated rings. The molecule has 4 heteroatoms. The zero-order chi connectivity index (χ0) is 13.1. The van der Waals surface area contributed by atoms with Gasteiger partial charge in [0.1, 0.15) is 0 Å². The second kappa shape index (κ2) is 5.96. The normalized spacial score (nSPS) is 16.2. The van der Waals surface area contributed by atoms with E-state index in [1.807, 2.05) is 27.0 Å². The molecule has 0 aliphatic heterocycles. The minimum atomic E-state index is -0.697. The van der Waals surface area contributed by atoms with Crippen LogP contribution in [0.4, 0.5) is 0 Å². The van der Waals surface area contributed by atoms with Crippen molar-refractivity contribution in [2.24, 2.45) is 5.73 Å². The van der Waals surface area contributed by atoms with E-state index in [4.69, 9.17) is 5.73 Å². The Labute approximate surface area is 108 Å². The molecule has 3 N–H and O–H groups in total. The Kier molecular flexibility index (Phi) is 5.13. The molecule has 2 atom stereocenters. The first kappa shape index (κ1) is 14.6. The quantitative estimate of drug-likeness (QED) is 0.820. The highest BCUT2D eigenvalue weighted by atomic mass is 32.1. The number of hydrogen-bond donors (Lipinski definition) is 2. The van der Waals surface area contributed by atoms with E-state index in [1.165, 1.54) is 4.88 Å². The minimum absolute atomic E-state index is 0.0981. The van der Waals surface area contributed by atoms with Crippen LogP contribution in [0.25, 0.3) is 0 Å². The molecular weight excluding hydrogens is 232 g/mol. The average Bonchev–Trinajstić information content (AvgIpc) is 2.68. The summed E-state index contributed by atoms with van der Waals surface area (Å²) >= 11 is 1.73.